The van der Waals surface area contributed by atoms with Crippen LogP contribution in [0.15, 0.2) is 21.8 Å². The minimum absolute atomic E-state index is 0.480. The molecular weight excluding hydrogens is 122 g/mol. The van der Waals surface area contributed by atoms with Crippen molar-refractivity contribution < 1.29 is 4.42 Å². The molecule has 1 heterocycles. The molecule has 1 aromatic rings. The molecule has 8 heavy (non-hydrogen) atoms. The normalized spacial score (nSPS) is 8.50. The molecule has 1 rings (SSSR count). The molecule has 0 radical (unpaired) electrons. The molecule has 0 amide bonds. The van der Waals surface area contributed by atoms with Crippen LogP contribution in [-0.2, 0) is 0 Å². The number of furan rings is 1. The third-order valence-electron chi connectivity index (χ3n) is 0.762. The van der Waals surface area contributed by atoms with E-state index >= 15 is 0 Å². The van der Waals surface area contributed by atoms with E-state index in [1.54, 1.807) is 0 Å². The molecule has 0 bridgehead atoms. The Morgan fingerprint density at radius 3 is 2.62 bits per heavy atom. The molecule has 0 saturated heterocycles. The first kappa shape index (κ1) is 5.26. The summed E-state index contributed by atoms with van der Waals surface area (Å²) in [6.07, 6.45) is 2.78. The first-order valence-electron chi connectivity index (χ1n) is 2.00. The van der Waals surface area contributed by atoms with Crippen molar-refractivity contribution in [1.29, 1.82) is 5.26 Å². The van der Waals surface area contributed by atoms with E-state index in [1.807, 2.05) is 6.07 Å². The van der Waals surface area contributed by atoms with E-state index in [9.17, 15) is 0 Å². The molecule has 3 heteroatoms. The van der Waals surface area contributed by atoms with Crippen molar-refractivity contribution in [2.75, 3.05) is 0 Å². The first-order chi connectivity index (χ1) is 3.84. The second kappa shape index (κ2) is 1.93. The van der Waals surface area contributed by atoms with Crippen molar-refractivity contribution in [3.05, 3.63) is 18.1 Å². The average molecular weight is 125 g/mol. The minimum Gasteiger partial charge on any atom is -0.470 e. The second-order valence-corrected chi connectivity index (χ2v) is 1.76. The maximum atomic E-state index is 8.25. The fourth-order valence-corrected chi connectivity index (χ4v) is 0.538. The monoisotopic (exact) mass is 125 g/mol. The van der Waals surface area contributed by atoms with E-state index in [0.29, 0.717) is 10.5 Å². The van der Waals surface area contributed by atoms with Gasteiger partial charge in [-0.25, -0.2) is 0 Å². The summed E-state index contributed by atoms with van der Waals surface area (Å²) in [6.45, 7) is 0. The average Bonchev–Trinajstić information content (AvgIpc) is 2.14. The highest BCUT2D eigenvalue weighted by atomic mass is 32.1. The summed E-state index contributed by atoms with van der Waals surface area (Å²) in [6, 6.07) is 1.91. The largest absolute Gasteiger partial charge is 0.470 e. The molecule has 0 aliphatic heterocycles. The van der Waals surface area contributed by atoms with E-state index < -0.39 is 0 Å². The van der Waals surface area contributed by atoms with Gasteiger partial charge in [-0.05, 0) is 0 Å². The summed E-state index contributed by atoms with van der Waals surface area (Å²) in [4.78, 5) is 0.590. The molecule has 40 valence electrons. The third-order valence-corrected chi connectivity index (χ3v) is 1.11. The highest BCUT2D eigenvalue weighted by Gasteiger charge is 1.96. The highest BCUT2D eigenvalue weighted by molar-refractivity contribution is 7.80. The molecule has 0 atom stereocenters. The molecule has 0 aliphatic carbocycles. The quantitative estimate of drug-likeness (QED) is 0.532. The Hall–Kier alpha value is -0.880. The SMILES string of the molecule is N#Cc1cocc1S. The third kappa shape index (κ3) is 0.703. The second-order valence-electron chi connectivity index (χ2n) is 1.28. The van der Waals surface area contributed by atoms with Crippen LogP contribution < -0.4 is 0 Å². The van der Waals surface area contributed by atoms with Crippen LogP contribution in [0.1, 0.15) is 5.56 Å². The van der Waals surface area contributed by atoms with Crippen molar-refractivity contribution in [2.45, 2.75) is 4.90 Å². The van der Waals surface area contributed by atoms with Gasteiger partial charge in [-0.15, -0.1) is 12.6 Å². The van der Waals surface area contributed by atoms with Crippen molar-refractivity contribution in [2.24, 2.45) is 0 Å². The Morgan fingerprint density at radius 1 is 1.62 bits per heavy atom. The van der Waals surface area contributed by atoms with Gasteiger partial charge in [0, 0.05) is 0 Å². The van der Waals surface area contributed by atoms with Gasteiger partial charge in [-0.2, -0.15) is 5.26 Å². The topological polar surface area (TPSA) is 36.9 Å². The Labute approximate surface area is 52.1 Å². The zero-order valence-corrected chi connectivity index (χ0v) is 4.85. The van der Waals surface area contributed by atoms with Crippen LogP contribution in [-0.4, -0.2) is 0 Å². The minimum atomic E-state index is 0.480. The van der Waals surface area contributed by atoms with E-state index in [2.05, 4.69) is 17.0 Å². The molecule has 0 aliphatic rings. The molecule has 0 aromatic carbocycles. The Bertz CT molecular complexity index is 223. The van der Waals surface area contributed by atoms with Crippen molar-refractivity contribution >= 4 is 12.6 Å². The van der Waals surface area contributed by atoms with Crippen molar-refractivity contribution in [3.63, 3.8) is 0 Å². The number of nitrogens with zero attached hydrogens (tertiary/aromatic N) is 1. The first-order valence-corrected chi connectivity index (χ1v) is 2.44. The maximum Gasteiger partial charge on any atom is 0.109 e. The van der Waals surface area contributed by atoms with Crippen LogP contribution in [0.4, 0.5) is 0 Å². The van der Waals surface area contributed by atoms with E-state index in [-0.39, 0.29) is 0 Å². The standard InChI is InChI=1S/C5H3NOS/c6-1-4-2-7-3-5(4)8/h2-3,8H. The molecule has 0 fully saturated rings. The van der Waals surface area contributed by atoms with Gasteiger partial charge >= 0.3 is 0 Å². The maximum absolute atomic E-state index is 8.25. The van der Waals surface area contributed by atoms with Gasteiger partial charge in [-0.1, -0.05) is 0 Å². The van der Waals surface area contributed by atoms with E-state index in [0.717, 1.165) is 0 Å². The molecule has 0 spiro atoms. The van der Waals surface area contributed by atoms with Crippen LogP contribution in [0.25, 0.3) is 0 Å². The summed E-state index contributed by atoms with van der Waals surface area (Å²) in [5.74, 6) is 0. The van der Waals surface area contributed by atoms with Crippen LogP contribution >= 0.6 is 12.6 Å². The summed E-state index contributed by atoms with van der Waals surface area (Å²) in [5.41, 5.74) is 0.480. The number of nitriles is 1. The zero-order chi connectivity index (χ0) is 5.98. The zero-order valence-electron chi connectivity index (χ0n) is 3.96. The molecule has 1 aromatic heterocycles. The number of rotatable bonds is 0. The summed E-state index contributed by atoms with van der Waals surface area (Å²) >= 11 is 3.91. The van der Waals surface area contributed by atoms with Crippen LogP contribution in [0.3, 0.4) is 0 Å². The van der Waals surface area contributed by atoms with Crippen LogP contribution in [0.5, 0.6) is 0 Å². The number of hydrogen-bond donors (Lipinski definition) is 1. The van der Waals surface area contributed by atoms with E-state index in [1.165, 1.54) is 12.5 Å². The lowest BCUT2D eigenvalue weighted by molar-refractivity contribution is 0.561. The predicted octanol–water partition coefficient (Wildman–Crippen LogP) is 1.44. The van der Waals surface area contributed by atoms with Gasteiger partial charge < -0.3 is 4.42 Å². The molecule has 0 N–H and O–H groups in total. The van der Waals surface area contributed by atoms with Gasteiger partial charge in [0.15, 0.2) is 0 Å². The molecule has 0 saturated carbocycles. The summed E-state index contributed by atoms with van der Waals surface area (Å²) in [5, 5.41) is 8.25. The number of hydrogen-bond acceptors (Lipinski definition) is 3. The van der Waals surface area contributed by atoms with Gasteiger partial charge in [-0.3, -0.25) is 0 Å². The summed E-state index contributed by atoms with van der Waals surface area (Å²) in [7, 11) is 0. The summed E-state index contributed by atoms with van der Waals surface area (Å²) < 4.78 is 4.64. The fraction of sp³-hybridized carbons (Fsp3) is 0. The van der Waals surface area contributed by atoms with Gasteiger partial charge in [0.2, 0.25) is 0 Å². The highest BCUT2D eigenvalue weighted by Crippen LogP contribution is 2.11. The Balaban J connectivity index is 3.15. The Kier molecular flexibility index (Phi) is 1.27. The Morgan fingerprint density at radius 2 is 2.38 bits per heavy atom. The predicted molar refractivity (Wildman–Crippen MR) is 30.7 cm³/mol. The van der Waals surface area contributed by atoms with Gasteiger partial charge in [0.25, 0.3) is 0 Å². The van der Waals surface area contributed by atoms with Crippen molar-refractivity contribution in [3.8, 4) is 6.07 Å². The lowest BCUT2D eigenvalue weighted by Crippen LogP contribution is -1.62. The lowest BCUT2D eigenvalue weighted by Gasteiger charge is -1.72. The van der Waals surface area contributed by atoms with Crippen molar-refractivity contribution in [1.82, 2.24) is 0 Å². The van der Waals surface area contributed by atoms with E-state index in [4.69, 9.17) is 5.26 Å². The molecule has 0 unspecified atom stereocenters. The number of thiol groups is 1. The molecule has 2 nitrogen and oxygen atoms in total. The lowest BCUT2D eigenvalue weighted by atomic mass is 10.4. The van der Waals surface area contributed by atoms with Gasteiger partial charge in [0.1, 0.15) is 24.2 Å². The smallest absolute Gasteiger partial charge is 0.109 e. The van der Waals surface area contributed by atoms with Gasteiger partial charge in [0.05, 0.1) is 4.90 Å². The fourth-order valence-electron chi connectivity index (χ4n) is 0.374. The van der Waals surface area contributed by atoms with Crippen LogP contribution in [0, 0.1) is 11.3 Å². The molecular formula is C5H3NOS. The van der Waals surface area contributed by atoms with Crippen LogP contribution in [0.2, 0.25) is 0 Å².